The molecule has 0 bridgehead atoms. The number of nitrogens with one attached hydrogen (secondary N) is 1. The third-order valence-electron chi connectivity index (χ3n) is 5.75. The van der Waals surface area contributed by atoms with Crippen molar-refractivity contribution < 1.29 is 14.3 Å². The molecule has 0 saturated carbocycles. The van der Waals surface area contributed by atoms with E-state index in [4.69, 9.17) is 21.3 Å². The second kappa shape index (κ2) is 10.3. The van der Waals surface area contributed by atoms with Gasteiger partial charge in [0.15, 0.2) is 0 Å². The molecule has 8 nitrogen and oxygen atoms in total. The first-order valence-electron chi connectivity index (χ1n) is 11.5. The lowest BCUT2D eigenvalue weighted by Gasteiger charge is -2.31. The van der Waals surface area contributed by atoms with E-state index in [2.05, 4.69) is 36.3 Å². The summed E-state index contributed by atoms with van der Waals surface area (Å²) < 4.78 is 5.46. The van der Waals surface area contributed by atoms with Crippen LogP contribution in [0.1, 0.15) is 66.3 Å². The Morgan fingerprint density at radius 1 is 1.09 bits per heavy atom. The normalized spacial score (nSPS) is 14.6. The van der Waals surface area contributed by atoms with E-state index in [9.17, 15) is 9.59 Å². The van der Waals surface area contributed by atoms with Crippen molar-refractivity contribution in [2.24, 2.45) is 0 Å². The Labute approximate surface area is 213 Å². The topological polar surface area (TPSA) is 97.3 Å². The molecule has 1 aromatic carbocycles. The lowest BCUT2D eigenvalue weighted by atomic mass is 9.90. The highest BCUT2D eigenvalue weighted by atomic mass is 35.5. The molecule has 4 rings (SSSR count). The summed E-state index contributed by atoms with van der Waals surface area (Å²) in [5, 5.41) is 13.1. The highest BCUT2D eigenvalue weighted by Gasteiger charge is 2.29. The number of aryl methyl sites for hydroxylation is 1. The number of ether oxygens (including phenoxy) is 1. The summed E-state index contributed by atoms with van der Waals surface area (Å²) in [4.78, 5) is 32.1. The van der Waals surface area contributed by atoms with E-state index in [1.165, 1.54) is 11.3 Å². The first-order chi connectivity index (χ1) is 16.6. The molecule has 0 radical (unpaired) electrons. The zero-order chi connectivity index (χ0) is 25.2. The largest absolute Gasteiger partial charge is 0.415 e. The minimum Gasteiger partial charge on any atom is -0.410 e. The molecule has 0 spiro atoms. The van der Waals surface area contributed by atoms with Gasteiger partial charge in [0.25, 0.3) is 5.91 Å². The molecule has 184 valence electrons. The summed E-state index contributed by atoms with van der Waals surface area (Å²) in [5.41, 5.74) is 1.96. The van der Waals surface area contributed by atoms with Crippen molar-refractivity contribution >= 4 is 40.1 Å². The highest BCUT2D eigenvalue weighted by Crippen LogP contribution is 2.32. The number of hydrogen-bond acceptors (Lipinski definition) is 7. The molecule has 1 aliphatic heterocycles. The van der Waals surface area contributed by atoms with Gasteiger partial charge in [-0.2, -0.15) is 0 Å². The predicted molar refractivity (Wildman–Crippen MR) is 137 cm³/mol. The van der Waals surface area contributed by atoms with Crippen LogP contribution in [0.25, 0.3) is 0 Å². The van der Waals surface area contributed by atoms with Crippen molar-refractivity contribution in [1.29, 1.82) is 0 Å². The molecular weight excluding hydrogens is 486 g/mol. The van der Waals surface area contributed by atoms with Gasteiger partial charge in [-0.3, -0.25) is 15.1 Å². The predicted octanol–water partition coefficient (Wildman–Crippen LogP) is 5.82. The Morgan fingerprint density at radius 3 is 2.40 bits per heavy atom. The molecule has 3 aromatic rings. The van der Waals surface area contributed by atoms with Crippen LogP contribution in [0.4, 0.5) is 9.93 Å². The van der Waals surface area contributed by atoms with Crippen LogP contribution in [0.5, 0.6) is 5.75 Å². The van der Waals surface area contributed by atoms with Gasteiger partial charge < -0.3 is 9.64 Å². The fraction of sp³-hybridized carbons (Fsp3) is 0.400. The fourth-order valence-corrected chi connectivity index (χ4v) is 4.75. The number of pyridine rings is 1. The third-order valence-corrected chi connectivity index (χ3v) is 7.27. The Balaban J connectivity index is 1.42. The number of likely N-dealkylation sites (tertiary alicyclic amines) is 1. The maximum Gasteiger partial charge on any atom is 0.415 e. The number of halogens is 1. The number of aromatic nitrogens is 3. The van der Waals surface area contributed by atoms with Crippen molar-refractivity contribution in [3.63, 3.8) is 0 Å². The molecular formula is C25H28ClN5O3S. The monoisotopic (exact) mass is 513 g/mol. The van der Waals surface area contributed by atoms with Gasteiger partial charge >= 0.3 is 6.09 Å². The lowest BCUT2D eigenvalue weighted by molar-refractivity contribution is 0.102. The van der Waals surface area contributed by atoms with Crippen LogP contribution < -0.4 is 10.1 Å². The van der Waals surface area contributed by atoms with E-state index in [0.717, 1.165) is 16.4 Å². The van der Waals surface area contributed by atoms with Crippen LogP contribution in [0.3, 0.4) is 0 Å². The van der Waals surface area contributed by atoms with Gasteiger partial charge in [-0.15, -0.1) is 10.2 Å². The van der Waals surface area contributed by atoms with Gasteiger partial charge in [0.05, 0.1) is 11.3 Å². The van der Waals surface area contributed by atoms with E-state index in [1.807, 2.05) is 13.0 Å². The summed E-state index contributed by atoms with van der Waals surface area (Å²) in [6.07, 6.45) is 0.964. The summed E-state index contributed by atoms with van der Waals surface area (Å²) in [5.74, 6) is 0.246. The van der Waals surface area contributed by atoms with Gasteiger partial charge in [0.2, 0.25) is 5.13 Å². The van der Waals surface area contributed by atoms with Crippen molar-refractivity contribution in [3.05, 3.63) is 63.4 Å². The van der Waals surface area contributed by atoms with Crippen LogP contribution in [0.2, 0.25) is 5.02 Å². The Hall–Kier alpha value is -3.04. The van der Waals surface area contributed by atoms with Gasteiger partial charge in [-0.05, 0) is 56.2 Å². The maximum atomic E-state index is 13.1. The molecule has 0 aliphatic carbocycles. The summed E-state index contributed by atoms with van der Waals surface area (Å²) in [6, 6.07) is 10.3. The smallest absolute Gasteiger partial charge is 0.410 e. The summed E-state index contributed by atoms with van der Waals surface area (Å²) in [6.45, 7) is 9.10. The molecule has 1 N–H and O–H groups in total. The Bertz CT molecular complexity index is 1210. The van der Waals surface area contributed by atoms with Crippen LogP contribution in [-0.4, -0.2) is 45.2 Å². The molecule has 2 amide bonds. The first kappa shape index (κ1) is 25.1. The quantitative estimate of drug-likeness (QED) is 0.472. The standard InChI is InChI=1S/C25H28ClN5O3S/c1-15-5-10-19(21(32)28-23-30-29-22(35-23)25(2,3)4)20(27-15)16-11-13-31(14-12-16)24(33)34-18-8-6-17(26)7-9-18/h5-10,16H,11-14H2,1-4H3,(H,28,30,32). The number of benzene rings is 1. The first-order valence-corrected chi connectivity index (χ1v) is 12.6. The third kappa shape index (κ3) is 6.15. The van der Waals surface area contributed by atoms with Crippen molar-refractivity contribution in [2.75, 3.05) is 18.4 Å². The summed E-state index contributed by atoms with van der Waals surface area (Å²) in [7, 11) is 0. The van der Waals surface area contributed by atoms with Crippen LogP contribution in [0, 0.1) is 6.92 Å². The molecule has 35 heavy (non-hydrogen) atoms. The van der Waals surface area contributed by atoms with Gasteiger partial charge in [-0.1, -0.05) is 43.7 Å². The molecule has 3 heterocycles. The average molecular weight is 514 g/mol. The van der Waals surface area contributed by atoms with Crippen molar-refractivity contribution in [2.45, 2.75) is 51.9 Å². The number of carbonyl (C=O) groups is 2. The number of carbonyl (C=O) groups excluding carboxylic acids is 2. The lowest BCUT2D eigenvalue weighted by Crippen LogP contribution is -2.40. The number of hydrogen-bond donors (Lipinski definition) is 1. The molecule has 1 aliphatic rings. The van der Waals surface area contributed by atoms with Gasteiger partial charge in [0, 0.05) is 35.1 Å². The van der Waals surface area contributed by atoms with Crippen molar-refractivity contribution in [3.8, 4) is 5.75 Å². The number of piperidine rings is 1. The van der Waals surface area contributed by atoms with Crippen LogP contribution in [-0.2, 0) is 5.41 Å². The van der Waals surface area contributed by atoms with Crippen molar-refractivity contribution in [1.82, 2.24) is 20.1 Å². The maximum absolute atomic E-state index is 13.1. The average Bonchev–Trinajstić information content (AvgIpc) is 3.29. The Kier molecular flexibility index (Phi) is 7.37. The molecule has 1 saturated heterocycles. The SMILES string of the molecule is Cc1ccc(C(=O)Nc2nnc(C(C)(C)C)s2)c(C2CCN(C(=O)Oc3ccc(Cl)cc3)CC2)n1. The Morgan fingerprint density at radius 2 is 1.77 bits per heavy atom. The molecule has 10 heteroatoms. The minimum atomic E-state index is -0.396. The highest BCUT2D eigenvalue weighted by molar-refractivity contribution is 7.15. The van der Waals surface area contributed by atoms with Crippen LogP contribution in [0.15, 0.2) is 36.4 Å². The van der Waals surface area contributed by atoms with Crippen LogP contribution >= 0.6 is 22.9 Å². The zero-order valence-corrected chi connectivity index (χ0v) is 21.7. The molecule has 0 unspecified atom stereocenters. The second-order valence-electron chi connectivity index (χ2n) is 9.59. The fourth-order valence-electron chi connectivity index (χ4n) is 3.82. The van der Waals surface area contributed by atoms with E-state index in [-0.39, 0.29) is 17.2 Å². The zero-order valence-electron chi connectivity index (χ0n) is 20.2. The van der Waals surface area contributed by atoms with E-state index in [1.54, 1.807) is 35.2 Å². The summed E-state index contributed by atoms with van der Waals surface area (Å²) >= 11 is 7.26. The van der Waals surface area contributed by atoms with E-state index < -0.39 is 6.09 Å². The number of nitrogens with zero attached hydrogens (tertiary/aromatic N) is 4. The number of anilines is 1. The second-order valence-corrected chi connectivity index (χ2v) is 11.0. The van der Waals surface area contributed by atoms with E-state index in [0.29, 0.717) is 47.4 Å². The van der Waals surface area contributed by atoms with E-state index >= 15 is 0 Å². The molecule has 2 aromatic heterocycles. The number of rotatable bonds is 4. The number of amides is 2. The molecule has 0 atom stereocenters. The minimum absolute atomic E-state index is 0.0507. The van der Waals surface area contributed by atoms with Gasteiger partial charge in [-0.25, -0.2) is 4.79 Å². The molecule has 1 fully saturated rings. The van der Waals surface area contributed by atoms with Gasteiger partial charge in [0.1, 0.15) is 10.8 Å².